The molecule has 0 bridgehead atoms. The van der Waals surface area contributed by atoms with Gasteiger partial charge in [0.05, 0.1) is 0 Å². The molecule has 44 heavy (non-hydrogen) atoms. The molecule has 2 unspecified atom stereocenters. The number of aromatic nitrogens is 2. The molecule has 1 aliphatic carbocycles. The largest absolute Gasteiger partial charge is 0.352 e. The van der Waals surface area contributed by atoms with Crippen LogP contribution in [0.2, 0.25) is 0 Å². The molecular formula is C37H37N5O2. The third kappa shape index (κ3) is 5.12. The van der Waals surface area contributed by atoms with Gasteiger partial charge in [-0.1, -0.05) is 54.6 Å². The number of nitrogens with one attached hydrogen (secondary N) is 2. The summed E-state index contributed by atoms with van der Waals surface area (Å²) in [6.07, 6.45) is 6.92. The second kappa shape index (κ2) is 11.5. The highest BCUT2D eigenvalue weighted by atomic mass is 16.2. The number of rotatable bonds is 7. The van der Waals surface area contributed by atoms with Crippen molar-refractivity contribution in [2.75, 3.05) is 6.54 Å². The van der Waals surface area contributed by atoms with E-state index in [1.807, 2.05) is 18.3 Å². The van der Waals surface area contributed by atoms with Crippen molar-refractivity contribution >= 4 is 11.6 Å². The minimum Gasteiger partial charge on any atom is -0.352 e. The minimum absolute atomic E-state index is 0.0871. The number of hydrogen-bond donors (Lipinski definition) is 3. The summed E-state index contributed by atoms with van der Waals surface area (Å²) in [5.41, 5.74) is 19.5. The summed E-state index contributed by atoms with van der Waals surface area (Å²) >= 11 is 0. The SMILES string of the molecule is Cc1c(-c2ccc3c(c2)CCC3N)cccc1-c1cccc(-c2ccn3c(=O)c(CNCC4CCC(=O)N4)cnc3c2)c1C. The molecular weight excluding hydrogens is 546 g/mol. The van der Waals surface area contributed by atoms with Gasteiger partial charge in [0.1, 0.15) is 5.65 Å². The third-order valence-corrected chi connectivity index (χ3v) is 9.42. The fraction of sp³-hybridized carbons (Fsp3) is 0.270. The highest BCUT2D eigenvalue weighted by Gasteiger charge is 2.21. The van der Waals surface area contributed by atoms with Gasteiger partial charge in [0, 0.05) is 49.6 Å². The predicted octanol–water partition coefficient (Wildman–Crippen LogP) is 5.63. The molecule has 5 aromatic rings. The first-order valence-corrected chi connectivity index (χ1v) is 15.5. The van der Waals surface area contributed by atoms with Gasteiger partial charge in [-0.2, -0.15) is 0 Å². The van der Waals surface area contributed by atoms with Crippen molar-refractivity contribution in [3.05, 3.63) is 117 Å². The number of nitrogens with zero attached hydrogens (tertiary/aromatic N) is 2. The van der Waals surface area contributed by atoms with Crippen LogP contribution in [-0.2, 0) is 17.8 Å². The average molecular weight is 584 g/mol. The number of benzene rings is 3. The maximum Gasteiger partial charge on any atom is 0.262 e. The molecule has 2 atom stereocenters. The maximum absolute atomic E-state index is 13.2. The number of carbonyl (C=O) groups excluding carboxylic acids is 1. The molecule has 4 N–H and O–H groups in total. The second-order valence-electron chi connectivity index (χ2n) is 12.2. The zero-order chi connectivity index (χ0) is 30.4. The molecule has 222 valence electrons. The maximum atomic E-state index is 13.2. The Morgan fingerprint density at radius 1 is 0.886 bits per heavy atom. The number of carbonyl (C=O) groups is 1. The fourth-order valence-corrected chi connectivity index (χ4v) is 6.91. The van der Waals surface area contributed by atoms with Crippen LogP contribution in [0.3, 0.4) is 0 Å². The van der Waals surface area contributed by atoms with Crippen LogP contribution in [0.15, 0.2) is 83.9 Å². The van der Waals surface area contributed by atoms with Crippen LogP contribution in [0.4, 0.5) is 0 Å². The highest BCUT2D eigenvalue weighted by Crippen LogP contribution is 2.38. The van der Waals surface area contributed by atoms with Gasteiger partial charge < -0.3 is 16.4 Å². The topological polar surface area (TPSA) is 102 Å². The second-order valence-corrected chi connectivity index (χ2v) is 12.2. The Kier molecular flexibility index (Phi) is 7.36. The minimum atomic E-state index is -0.0871. The van der Waals surface area contributed by atoms with Gasteiger partial charge in [-0.05, 0) is 101 Å². The van der Waals surface area contributed by atoms with Gasteiger partial charge >= 0.3 is 0 Å². The van der Waals surface area contributed by atoms with E-state index in [0.29, 0.717) is 30.7 Å². The molecule has 2 aromatic heterocycles. The molecule has 0 spiro atoms. The molecule has 0 radical (unpaired) electrons. The lowest BCUT2D eigenvalue weighted by molar-refractivity contribution is -0.119. The Hall–Kier alpha value is -4.59. The van der Waals surface area contributed by atoms with Crippen molar-refractivity contribution in [2.24, 2.45) is 5.73 Å². The quantitative estimate of drug-likeness (QED) is 0.231. The molecule has 3 heterocycles. The van der Waals surface area contributed by atoms with Crippen LogP contribution >= 0.6 is 0 Å². The van der Waals surface area contributed by atoms with Crippen LogP contribution in [0.1, 0.15) is 53.1 Å². The Morgan fingerprint density at radius 2 is 1.59 bits per heavy atom. The first-order chi connectivity index (χ1) is 21.4. The van der Waals surface area contributed by atoms with Gasteiger partial charge in [-0.15, -0.1) is 0 Å². The number of aryl methyl sites for hydroxylation is 1. The summed E-state index contributed by atoms with van der Waals surface area (Å²) in [6.45, 7) is 5.41. The standard InChI is InChI=1S/C37H37N5O2/c1-22-29(24-9-12-33-25(17-24)10-13-34(33)38)5-3-7-31(22)32-8-4-6-30(23(32)2)26-15-16-42-35(18-26)40-20-27(37(42)44)19-39-21-28-11-14-36(43)41-28/h3-9,12,15-18,20,28,34,39H,10-11,13-14,19,21,38H2,1-2H3,(H,41,43). The van der Waals surface area contributed by atoms with Crippen molar-refractivity contribution in [1.29, 1.82) is 0 Å². The molecule has 1 fully saturated rings. The van der Waals surface area contributed by atoms with Gasteiger partial charge in [0.2, 0.25) is 5.91 Å². The first-order valence-electron chi connectivity index (χ1n) is 15.5. The highest BCUT2D eigenvalue weighted by molar-refractivity contribution is 5.84. The van der Waals surface area contributed by atoms with Gasteiger partial charge in [-0.3, -0.25) is 14.0 Å². The van der Waals surface area contributed by atoms with Crippen molar-refractivity contribution in [3.8, 4) is 33.4 Å². The summed E-state index contributed by atoms with van der Waals surface area (Å²) in [5.74, 6) is 0.0882. The molecule has 7 rings (SSSR count). The zero-order valence-corrected chi connectivity index (χ0v) is 25.2. The summed E-state index contributed by atoms with van der Waals surface area (Å²) in [6, 6.07) is 23.9. The number of amides is 1. The van der Waals surface area contributed by atoms with Crippen molar-refractivity contribution in [1.82, 2.24) is 20.0 Å². The first kappa shape index (κ1) is 28.2. The molecule has 1 aliphatic heterocycles. The van der Waals surface area contributed by atoms with Crippen LogP contribution < -0.4 is 21.9 Å². The fourth-order valence-electron chi connectivity index (χ4n) is 6.91. The molecule has 7 heteroatoms. The Morgan fingerprint density at radius 3 is 2.30 bits per heavy atom. The molecule has 1 saturated heterocycles. The number of fused-ring (bicyclic) bond motifs is 2. The normalized spacial score (nSPS) is 17.7. The zero-order valence-electron chi connectivity index (χ0n) is 25.2. The molecule has 3 aromatic carbocycles. The molecule has 2 aliphatic rings. The van der Waals surface area contributed by atoms with Gasteiger partial charge in [0.15, 0.2) is 0 Å². The Labute approximate surface area is 257 Å². The van der Waals surface area contributed by atoms with E-state index in [9.17, 15) is 9.59 Å². The van der Waals surface area contributed by atoms with E-state index in [4.69, 9.17) is 5.73 Å². The summed E-state index contributed by atoms with van der Waals surface area (Å²) in [5, 5.41) is 6.24. The molecule has 1 amide bonds. The van der Waals surface area contributed by atoms with Crippen LogP contribution in [0.25, 0.3) is 39.0 Å². The monoisotopic (exact) mass is 583 g/mol. The number of nitrogens with two attached hydrogens (primary N) is 1. The lowest BCUT2D eigenvalue weighted by Crippen LogP contribution is -2.36. The van der Waals surface area contributed by atoms with E-state index in [0.717, 1.165) is 30.4 Å². The molecule has 0 saturated carbocycles. The van der Waals surface area contributed by atoms with Crippen molar-refractivity contribution in [2.45, 2.75) is 58.2 Å². The Balaban J connectivity index is 1.17. The van der Waals surface area contributed by atoms with Gasteiger partial charge in [-0.25, -0.2) is 4.98 Å². The summed E-state index contributed by atoms with van der Waals surface area (Å²) in [4.78, 5) is 29.3. The van der Waals surface area contributed by atoms with Crippen molar-refractivity contribution in [3.63, 3.8) is 0 Å². The number of hydrogen-bond acceptors (Lipinski definition) is 5. The third-order valence-electron chi connectivity index (χ3n) is 9.42. The number of pyridine rings is 1. The van der Waals surface area contributed by atoms with E-state index >= 15 is 0 Å². The van der Waals surface area contributed by atoms with Gasteiger partial charge in [0.25, 0.3) is 5.56 Å². The van der Waals surface area contributed by atoms with E-state index in [2.05, 4.69) is 84.1 Å². The Bertz CT molecular complexity index is 1980. The van der Waals surface area contributed by atoms with E-state index in [1.54, 1.807) is 10.6 Å². The average Bonchev–Trinajstić information content (AvgIpc) is 3.62. The van der Waals surface area contributed by atoms with E-state index in [-0.39, 0.29) is 23.6 Å². The predicted molar refractivity (Wildman–Crippen MR) is 175 cm³/mol. The lowest BCUT2D eigenvalue weighted by atomic mass is 9.87. The summed E-state index contributed by atoms with van der Waals surface area (Å²) in [7, 11) is 0. The van der Waals surface area contributed by atoms with E-state index < -0.39 is 0 Å². The smallest absolute Gasteiger partial charge is 0.262 e. The van der Waals surface area contributed by atoms with Crippen LogP contribution in [0, 0.1) is 13.8 Å². The van der Waals surface area contributed by atoms with Crippen LogP contribution in [-0.4, -0.2) is 27.9 Å². The summed E-state index contributed by atoms with van der Waals surface area (Å²) < 4.78 is 1.61. The molecule has 7 nitrogen and oxygen atoms in total. The van der Waals surface area contributed by atoms with Crippen molar-refractivity contribution < 1.29 is 4.79 Å². The van der Waals surface area contributed by atoms with E-state index in [1.165, 1.54) is 44.5 Å². The lowest BCUT2D eigenvalue weighted by Gasteiger charge is -2.17. The van der Waals surface area contributed by atoms with Crippen LogP contribution in [0.5, 0.6) is 0 Å².